The molecule has 0 aromatic heterocycles. The SMILES string of the molecule is CCC(=O)Oc1ccc(C[C@](N)(CCOC(=O)CC(C)C)C(=O)OC)cc1OC(=O)CC. The number of benzene rings is 1. The van der Waals surface area contributed by atoms with Gasteiger partial charge in [0, 0.05) is 32.1 Å². The topological polar surface area (TPSA) is 131 Å². The van der Waals surface area contributed by atoms with Crippen LogP contribution in [0.1, 0.15) is 58.9 Å². The molecule has 1 aromatic carbocycles. The highest BCUT2D eigenvalue weighted by atomic mass is 16.6. The van der Waals surface area contributed by atoms with E-state index < -0.39 is 23.4 Å². The predicted molar refractivity (Wildman–Crippen MR) is 116 cm³/mol. The van der Waals surface area contributed by atoms with Crippen LogP contribution in [0.15, 0.2) is 18.2 Å². The summed E-state index contributed by atoms with van der Waals surface area (Å²) in [4.78, 5) is 47.7. The van der Waals surface area contributed by atoms with E-state index in [1.165, 1.54) is 19.2 Å². The van der Waals surface area contributed by atoms with Gasteiger partial charge in [-0.1, -0.05) is 33.8 Å². The summed E-state index contributed by atoms with van der Waals surface area (Å²) in [7, 11) is 1.22. The molecule has 1 atom stereocenters. The minimum absolute atomic E-state index is 0.0140. The van der Waals surface area contributed by atoms with Gasteiger partial charge in [0.25, 0.3) is 0 Å². The van der Waals surface area contributed by atoms with Crippen LogP contribution < -0.4 is 15.2 Å². The first-order chi connectivity index (χ1) is 15.0. The molecule has 0 saturated carbocycles. The van der Waals surface area contributed by atoms with E-state index in [-0.39, 0.29) is 62.1 Å². The Bertz CT molecular complexity index is 820. The Kier molecular flexibility index (Phi) is 10.8. The lowest BCUT2D eigenvalue weighted by molar-refractivity contribution is -0.151. The number of hydrogen-bond acceptors (Lipinski definition) is 9. The molecule has 0 amide bonds. The van der Waals surface area contributed by atoms with Crippen molar-refractivity contribution in [2.75, 3.05) is 13.7 Å². The van der Waals surface area contributed by atoms with Gasteiger partial charge in [-0.25, -0.2) is 0 Å². The molecule has 2 N–H and O–H groups in total. The normalized spacial score (nSPS) is 12.6. The lowest BCUT2D eigenvalue weighted by Gasteiger charge is -2.27. The van der Waals surface area contributed by atoms with E-state index in [1.54, 1.807) is 19.9 Å². The molecule has 9 heteroatoms. The molecule has 0 radical (unpaired) electrons. The van der Waals surface area contributed by atoms with Crippen LogP contribution in [-0.2, 0) is 35.1 Å². The van der Waals surface area contributed by atoms with Gasteiger partial charge in [0.2, 0.25) is 0 Å². The van der Waals surface area contributed by atoms with Crippen LogP contribution in [0.3, 0.4) is 0 Å². The van der Waals surface area contributed by atoms with Crippen LogP contribution >= 0.6 is 0 Å². The number of methoxy groups -OCH3 is 1. The Labute approximate surface area is 188 Å². The molecule has 1 aromatic rings. The molecule has 0 aliphatic carbocycles. The summed E-state index contributed by atoms with van der Waals surface area (Å²) in [5, 5.41) is 0. The van der Waals surface area contributed by atoms with Gasteiger partial charge >= 0.3 is 23.9 Å². The Morgan fingerprint density at radius 3 is 2.09 bits per heavy atom. The van der Waals surface area contributed by atoms with E-state index in [0.717, 1.165) is 0 Å². The van der Waals surface area contributed by atoms with E-state index >= 15 is 0 Å². The second kappa shape index (κ2) is 12.8. The van der Waals surface area contributed by atoms with Crippen molar-refractivity contribution in [2.45, 2.75) is 65.3 Å². The zero-order valence-electron chi connectivity index (χ0n) is 19.4. The monoisotopic (exact) mass is 451 g/mol. The summed E-state index contributed by atoms with van der Waals surface area (Å²) in [6, 6.07) is 4.57. The first kappa shape index (κ1) is 27.1. The van der Waals surface area contributed by atoms with Gasteiger partial charge in [-0.3, -0.25) is 19.2 Å². The summed E-state index contributed by atoms with van der Waals surface area (Å²) in [5.74, 6) is -1.76. The first-order valence-corrected chi connectivity index (χ1v) is 10.6. The third-order valence-electron chi connectivity index (χ3n) is 4.53. The van der Waals surface area contributed by atoms with Crippen molar-refractivity contribution >= 4 is 23.9 Å². The maximum atomic E-state index is 12.4. The molecule has 1 rings (SSSR count). The van der Waals surface area contributed by atoms with Crippen LogP contribution in [0.5, 0.6) is 11.5 Å². The van der Waals surface area contributed by atoms with Gasteiger partial charge in [-0.15, -0.1) is 0 Å². The number of hydrogen-bond donors (Lipinski definition) is 1. The van der Waals surface area contributed by atoms with Crippen molar-refractivity contribution in [3.63, 3.8) is 0 Å². The van der Waals surface area contributed by atoms with E-state index in [2.05, 4.69) is 0 Å². The van der Waals surface area contributed by atoms with Crippen LogP contribution in [0.2, 0.25) is 0 Å². The van der Waals surface area contributed by atoms with Crippen LogP contribution in [-0.4, -0.2) is 43.1 Å². The summed E-state index contributed by atoms with van der Waals surface area (Å²) < 4.78 is 20.6. The highest BCUT2D eigenvalue weighted by Crippen LogP contribution is 2.31. The molecule has 0 aliphatic rings. The third-order valence-corrected chi connectivity index (χ3v) is 4.53. The van der Waals surface area contributed by atoms with Crippen molar-refractivity contribution in [3.05, 3.63) is 23.8 Å². The molecule has 0 unspecified atom stereocenters. The largest absolute Gasteiger partial charge is 0.468 e. The van der Waals surface area contributed by atoms with Gasteiger partial charge < -0.3 is 24.7 Å². The fourth-order valence-corrected chi connectivity index (χ4v) is 2.79. The average molecular weight is 452 g/mol. The molecule has 178 valence electrons. The van der Waals surface area contributed by atoms with Gasteiger partial charge in [0.05, 0.1) is 13.7 Å². The van der Waals surface area contributed by atoms with Gasteiger partial charge in [-0.05, 0) is 23.6 Å². The highest BCUT2D eigenvalue weighted by molar-refractivity contribution is 5.81. The second-order valence-corrected chi connectivity index (χ2v) is 7.83. The quantitative estimate of drug-likeness (QED) is 0.376. The number of carbonyl (C=O) groups is 4. The number of esters is 4. The summed E-state index contributed by atoms with van der Waals surface area (Å²) in [6.45, 7) is 7.01. The molecule has 0 bridgehead atoms. The minimum Gasteiger partial charge on any atom is -0.468 e. The lowest BCUT2D eigenvalue weighted by Crippen LogP contribution is -2.51. The molecule has 0 fully saturated rings. The second-order valence-electron chi connectivity index (χ2n) is 7.83. The fourth-order valence-electron chi connectivity index (χ4n) is 2.79. The highest BCUT2D eigenvalue weighted by Gasteiger charge is 2.36. The Morgan fingerprint density at radius 2 is 1.56 bits per heavy atom. The van der Waals surface area contributed by atoms with Crippen LogP contribution in [0.25, 0.3) is 0 Å². The Balaban J connectivity index is 3.08. The van der Waals surface area contributed by atoms with Crippen LogP contribution in [0, 0.1) is 5.92 Å². The van der Waals surface area contributed by atoms with E-state index in [0.29, 0.717) is 5.56 Å². The minimum atomic E-state index is -1.49. The van der Waals surface area contributed by atoms with Crippen molar-refractivity contribution in [1.29, 1.82) is 0 Å². The van der Waals surface area contributed by atoms with E-state index in [1.807, 2.05) is 13.8 Å². The molecule has 9 nitrogen and oxygen atoms in total. The van der Waals surface area contributed by atoms with Crippen molar-refractivity contribution in [2.24, 2.45) is 11.7 Å². The van der Waals surface area contributed by atoms with Crippen LogP contribution in [0.4, 0.5) is 0 Å². The number of carbonyl (C=O) groups excluding carboxylic acids is 4. The number of nitrogens with two attached hydrogens (primary N) is 1. The maximum Gasteiger partial charge on any atom is 0.326 e. The molecular weight excluding hydrogens is 418 g/mol. The molecular formula is C23H33NO8. The molecule has 0 aliphatic heterocycles. The number of ether oxygens (including phenoxy) is 4. The Hall–Kier alpha value is -2.94. The van der Waals surface area contributed by atoms with Gasteiger partial charge in [-0.2, -0.15) is 0 Å². The first-order valence-electron chi connectivity index (χ1n) is 10.6. The summed E-state index contributed by atoms with van der Waals surface area (Å²) >= 11 is 0. The van der Waals surface area contributed by atoms with Crippen molar-refractivity contribution < 1.29 is 38.1 Å². The summed E-state index contributed by atoms with van der Waals surface area (Å²) in [6.07, 6.45) is 0.572. The third kappa shape index (κ3) is 8.66. The smallest absolute Gasteiger partial charge is 0.326 e. The number of rotatable bonds is 12. The van der Waals surface area contributed by atoms with Crippen molar-refractivity contribution in [3.8, 4) is 11.5 Å². The molecule has 0 saturated heterocycles. The van der Waals surface area contributed by atoms with Crippen molar-refractivity contribution in [1.82, 2.24) is 0 Å². The molecule has 0 spiro atoms. The maximum absolute atomic E-state index is 12.4. The van der Waals surface area contributed by atoms with E-state index in [9.17, 15) is 19.2 Å². The lowest BCUT2D eigenvalue weighted by atomic mass is 9.88. The standard InChI is InChI=1S/C23H33NO8/c1-6-19(25)31-17-9-8-16(13-18(17)32-20(26)7-2)14-23(24,22(28)29-5)10-11-30-21(27)12-15(3)4/h8-9,13,15H,6-7,10-12,14,24H2,1-5H3/t23-/m1/s1. The zero-order chi connectivity index (χ0) is 24.3. The van der Waals surface area contributed by atoms with Gasteiger partial charge in [0.15, 0.2) is 11.5 Å². The van der Waals surface area contributed by atoms with Gasteiger partial charge in [0.1, 0.15) is 5.54 Å². The zero-order valence-corrected chi connectivity index (χ0v) is 19.4. The van der Waals surface area contributed by atoms with E-state index in [4.69, 9.17) is 24.7 Å². The predicted octanol–water partition coefficient (Wildman–Crippen LogP) is 2.71. The average Bonchev–Trinajstić information content (AvgIpc) is 2.73. The Morgan fingerprint density at radius 1 is 0.969 bits per heavy atom. The molecule has 32 heavy (non-hydrogen) atoms. The fraction of sp³-hybridized carbons (Fsp3) is 0.565. The summed E-state index contributed by atoms with van der Waals surface area (Å²) in [5.41, 5.74) is 5.39. The molecule has 0 heterocycles.